The third-order valence-corrected chi connectivity index (χ3v) is 2.95. The molecule has 2 heteroatoms. The smallest absolute Gasteiger partial charge is 0.114 e. The number of hydrogen-bond acceptors (Lipinski definition) is 1. The van der Waals surface area contributed by atoms with Crippen molar-refractivity contribution in [1.29, 1.82) is 0 Å². The molecular formula is C8H17OS+. The van der Waals surface area contributed by atoms with Gasteiger partial charge in [-0.2, -0.15) is 0 Å². The van der Waals surface area contributed by atoms with Crippen molar-refractivity contribution in [2.75, 3.05) is 0 Å². The minimum absolute atomic E-state index is 0.0763. The number of aliphatic hydroxyl groups excluding tert-OH is 1. The molecule has 60 valence electrons. The summed E-state index contributed by atoms with van der Waals surface area (Å²) in [6, 6.07) is 0. The minimum Gasteiger partial charge on any atom is -0.393 e. The maximum Gasteiger partial charge on any atom is 0.114 e. The molecule has 1 saturated carbocycles. The maximum absolute atomic E-state index is 9.54. The fraction of sp³-hybridized carbons (Fsp3) is 1.00. The van der Waals surface area contributed by atoms with E-state index in [1.165, 1.54) is 0 Å². The summed E-state index contributed by atoms with van der Waals surface area (Å²) in [5.41, 5.74) is 0. The zero-order valence-electron chi connectivity index (χ0n) is 6.67. The second kappa shape index (κ2) is 3.14. The van der Waals surface area contributed by atoms with Crippen LogP contribution in [0.15, 0.2) is 0 Å². The molecule has 0 aromatic rings. The average Bonchev–Trinajstić information content (AvgIpc) is 1.82. The summed E-state index contributed by atoms with van der Waals surface area (Å²) in [7, 11) is 0. The van der Waals surface area contributed by atoms with Gasteiger partial charge in [0.25, 0.3) is 0 Å². The molecule has 2 unspecified atom stereocenters. The third-order valence-electron chi connectivity index (χ3n) is 2.48. The van der Waals surface area contributed by atoms with Gasteiger partial charge in [0.15, 0.2) is 0 Å². The summed E-state index contributed by atoms with van der Waals surface area (Å²) in [5.74, 6) is 0.928. The van der Waals surface area contributed by atoms with Crippen LogP contribution in [0.4, 0.5) is 0 Å². The predicted octanol–water partition coefficient (Wildman–Crippen LogP) is 0.793. The molecule has 2 atom stereocenters. The highest BCUT2D eigenvalue weighted by Gasteiger charge is 2.32. The Labute approximate surface area is 68.2 Å². The molecule has 1 aliphatic rings. The van der Waals surface area contributed by atoms with Crippen LogP contribution in [0, 0.1) is 11.8 Å². The van der Waals surface area contributed by atoms with Gasteiger partial charge in [0.2, 0.25) is 0 Å². The monoisotopic (exact) mass is 161 g/mol. The van der Waals surface area contributed by atoms with Crippen molar-refractivity contribution in [1.82, 2.24) is 0 Å². The molecule has 10 heavy (non-hydrogen) atoms. The minimum atomic E-state index is -0.0763. The summed E-state index contributed by atoms with van der Waals surface area (Å²) in [5, 5.41) is 10.2. The Morgan fingerprint density at radius 2 is 1.60 bits per heavy atom. The van der Waals surface area contributed by atoms with Crippen LogP contribution in [0.2, 0.25) is 0 Å². The van der Waals surface area contributed by atoms with E-state index < -0.39 is 0 Å². The predicted molar refractivity (Wildman–Crippen MR) is 47.5 cm³/mol. The Balaban J connectivity index is 2.49. The summed E-state index contributed by atoms with van der Waals surface area (Å²) < 4.78 is 0. The molecule has 1 rings (SSSR count). The first-order chi connectivity index (χ1) is 4.61. The lowest BCUT2D eigenvalue weighted by atomic mass is 9.80. The molecule has 1 N–H and O–H groups in total. The van der Waals surface area contributed by atoms with E-state index in [1.807, 2.05) is 0 Å². The molecule has 0 aliphatic heterocycles. The molecule has 0 radical (unpaired) electrons. The van der Waals surface area contributed by atoms with Gasteiger partial charge in [-0.1, -0.05) is 13.8 Å². The first-order valence-electron chi connectivity index (χ1n) is 4.00. The Hall–Kier alpha value is 0.310. The molecule has 0 saturated heterocycles. The highest BCUT2D eigenvalue weighted by Crippen LogP contribution is 2.29. The fourth-order valence-corrected chi connectivity index (χ4v) is 2.58. The van der Waals surface area contributed by atoms with Gasteiger partial charge in [-0.05, 0) is 37.3 Å². The lowest BCUT2D eigenvalue weighted by Gasteiger charge is -2.31. The van der Waals surface area contributed by atoms with Crippen LogP contribution in [0.3, 0.4) is 0 Å². The number of rotatable bonds is 0. The van der Waals surface area contributed by atoms with Gasteiger partial charge >= 0.3 is 0 Å². The van der Waals surface area contributed by atoms with Crippen molar-refractivity contribution in [2.24, 2.45) is 11.8 Å². The maximum atomic E-state index is 9.54. The van der Waals surface area contributed by atoms with Crippen molar-refractivity contribution in [3.8, 4) is 0 Å². The average molecular weight is 161 g/mol. The second-order valence-corrected chi connectivity index (χ2v) is 4.43. The summed E-state index contributed by atoms with van der Waals surface area (Å²) in [6.45, 7) is 4.24. The molecule has 0 aromatic heterocycles. The third kappa shape index (κ3) is 1.67. The lowest BCUT2D eigenvalue weighted by Crippen LogP contribution is -2.35. The van der Waals surface area contributed by atoms with Crippen molar-refractivity contribution < 1.29 is 5.11 Å². The van der Waals surface area contributed by atoms with Crippen molar-refractivity contribution in [3.05, 3.63) is 0 Å². The normalized spacial score (nSPS) is 49.2. The van der Waals surface area contributed by atoms with E-state index in [0.29, 0.717) is 17.1 Å². The second-order valence-electron chi connectivity index (χ2n) is 3.61. The highest BCUT2D eigenvalue weighted by atomic mass is 32.1. The summed E-state index contributed by atoms with van der Waals surface area (Å²) in [6.07, 6.45) is 2.15. The van der Waals surface area contributed by atoms with Gasteiger partial charge in [-0.25, -0.2) is 0 Å². The van der Waals surface area contributed by atoms with E-state index in [-0.39, 0.29) is 6.10 Å². The van der Waals surface area contributed by atoms with E-state index in [4.69, 9.17) is 0 Å². The largest absolute Gasteiger partial charge is 0.393 e. The standard InChI is InChI=1S/C8H16OS/c1-5-3-7(10)4-6(2)8(5)9/h5-10H,3-4H2,1-2H3/p+1. The molecule has 1 aliphatic carbocycles. The number of hydrogen-bond donors (Lipinski definition) is 1. The molecule has 1 nitrogen and oxygen atoms in total. The fourth-order valence-electron chi connectivity index (χ4n) is 1.83. The molecule has 0 bridgehead atoms. The van der Waals surface area contributed by atoms with Crippen molar-refractivity contribution >= 4 is 12.6 Å². The first-order valence-corrected chi connectivity index (χ1v) is 4.58. The van der Waals surface area contributed by atoms with Crippen molar-refractivity contribution in [3.63, 3.8) is 0 Å². The van der Waals surface area contributed by atoms with Crippen LogP contribution in [-0.2, 0) is 12.6 Å². The Morgan fingerprint density at radius 1 is 1.20 bits per heavy atom. The molecule has 1 fully saturated rings. The Bertz CT molecular complexity index is 104. The zero-order valence-corrected chi connectivity index (χ0v) is 7.67. The van der Waals surface area contributed by atoms with E-state index in [9.17, 15) is 5.11 Å². The van der Waals surface area contributed by atoms with E-state index in [1.54, 1.807) is 0 Å². The van der Waals surface area contributed by atoms with Crippen LogP contribution in [0.1, 0.15) is 26.7 Å². The van der Waals surface area contributed by atoms with Crippen LogP contribution < -0.4 is 0 Å². The van der Waals surface area contributed by atoms with Crippen LogP contribution in [0.25, 0.3) is 0 Å². The molecule has 0 aromatic carbocycles. The Morgan fingerprint density at radius 3 is 2.00 bits per heavy atom. The number of aliphatic hydroxyl groups is 1. The van der Waals surface area contributed by atoms with Gasteiger partial charge in [0, 0.05) is 0 Å². The summed E-state index contributed by atoms with van der Waals surface area (Å²) in [4.78, 5) is 0. The van der Waals surface area contributed by atoms with Crippen LogP contribution in [-0.4, -0.2) is 16.5 Å². The van der Waals surface area contributed by atoms with Gasteiger partial charge < -0.3 is 5.11 Å². The van der Waals surface area contributed by atoms with Crippen LogP contribution in [0.5, 0.6) is 0 Å². The summed E-state index contributed by atoms with van der Waals surface area (Å²) >= 11 is 3.63. The van der Waals surface area contributed by atoms with Gasteiger partial charge in [-0.15, -0.1) is 0 Å². The SMILES string of the molecule is CC1CC([SH2+])CC(C)C1O. The molecule has 0 heterocycles. The van der Waals surface area contributed by atoms with E-state index >= 15 is 0 Å². The highest BCUT2D eigenvalue weighted by molar-refractivity contribution is 7.59. The topological polar surface area (TPSA) is 20.2 Å². The quantitative estimate of drug-likeness (QED) is 0.521. The molecule has 0 amide bonds. The molecule has 0 spiro atoms. The van der Waals surface area contributed by atoms with Crippen LogP contribution >= 0.6 is 0 Å². The van der Waals surface area contributed by atoms with E-state index in [2.05, 4.69) is 26.5 Å². The van der Waals surface area contributed by atoms with E-state index in [0.717, 1.165) is 12.8 Å². The first kappa shape index (κ1) is 8.41. The molecular weight excluding hydrogens is 144 g/mol. The van der Waals surface area contributed by atoms with Gasteiger partial charge in [0.1, 0.15) is 5.25 Å². The lowest BCUT2D eigenvalue weighted by molar-refractivity contribution is 0.0359. The van der Waals surface area contributed by atoms with Gasteiger partial charge in [0.05, 0.1) is 6.10 Å². The zero-order chi connectivity index (χ0) is 7.72. The van der Waals surface area contributed by atoms with Crippen molar-refractivity contribution in [2.45, 2.75) is 38.0 Å². The van der Waals surface area contributed by atoms with Gasteiger partial charge in [-0.3, -0.25) is 0 Å². The Kier molecular flexibility index (Phi) is 2.64.